The number of carbonyl (C=O) groups excluding carboxylic acids is 1. The normalized spacial score (nSPS) is 11.0. The van der Waals surface area contributed by atoms with Gasteiger partial charge in [-0.15, -0.1) is 6.42 Å². The fourth-order valence-corrected chi connectivity index (χ4v) is 1.46. The van der Waals surface area contributed by atoms with Crippen LogP contribution < -0.4 is 10.1 Å². The van der Waals surface area contributed by atoms with Crippen LogP contribution in [-0.4, -0.2) is 34.6 Å². The van der Waals surface area contributed by atoms with Gasteiger partial charge in [-0.2, -0.15) is 0 Å². The molecular formula is C13H12N2O6. The van der Waals surface area contributed by atoms with E-state index < -0.39 is 34.2 Å². The summed E-state index contributed by atoms with van der Waals surface area (Å²) in [6, 6.07) is 3.21. The number of nitrogens with zero attached hydrogens (tertiary/aromatic N) is 1. The van der Waals surface area contributed by atoms with Crippen LogP contribution in [0.4, 0.5) is 5.69 Å². The molecule has 0 spiro atoms. The van der Waals surface area contributed by atoms with Crippen molar-refractivity contribution in [2.45, 2.75) is 13.0 Å². The first kappa shape index (κ1) is 16.0. The Morgan fingerprint density at radius 2 is 2.24 bits per heavy atom. The summed E-state index contributed by atoms with van der Waals surface area (Å²) < 4.78 is 5.23. The molecule has 1 unspecified atom stereocenters. The molecule has 1 rings (SSSR count). The SMILES string of the molecule is C#CCNC(=O)C(C)Oc1ccc([N+](=O)[O-])c(C(=O)O)c1. The number of amides is 1. The molecule has 1 aromatic carbocycles. The molecule has 0 saturated carbocycles. The average Bonchev–Trinajstić information content (AvgIpc) is 2.44. The van der Waals surface area contributed by atoms with Crippen molar-refractivity contribution in [3.05, 3.63) is 33.9 Å². The zero-order valence-corrected chi connectivity index (χ0v) is 11.0. The summed E-state index contributed by atoms with van der Waals surface area (Å²) in [5.41, 5.74) is -1.08. The van der Waals surface area contributed by atoms with Crippen LogP contribution in [0.5, 0.6) is 5.75 Å². The molecule has 0 fully saturated rings. The zero-order valence-electron chi connectivity index (χ0n) is 11.0. The summed E-state index contributed by atoms with van der Waals surface area (Å²) in [7, 11) is 0. The van der Waals surface area contributed by atoms with Crippen LogP contribution >= 0.6 is 0 Å². The monoisotopic (exact) mass is 292 g/mol. The number of aromatic carboxylic acids is 1. The molecule has 0 radical (unpaired) electrons. The van der Waals surface area contributed by atoms with E-state index in [-0.39, 0.29) is 12.3 Å². The van der Waals surface area contributed by atoms with Gasteiger partial charge in [-0.1, -0.05) is 5.92 Å². The Hall–Kier alpha value is -3.08. The molecule has 0 aliphatic rings. The molecule has 110 valence electrons. The molecular weight excluding hydrogens is 280 g/mol. The van der Waals surface area contributed by atoms with E-state index in [0.717, 1.165) is 12.1 Å². The number of hydrogen-bond acceptors (Lipinski definition) is 5. The van der Waals surface area contributed by atoms with Crippen LogP contribution in [-0.2, 0) is 4.79 Å². The first-order chi connectivity index (χ1) is 9.86. The summed E-state index contributed by atoms with van der Waals surface area (Å²) in [5.74, 6) is 0.306. The first-order valence-electron chi connectivity index (χ1n) is 5.76. The molecule has 0 aromatic heterocycles. The number of terminal acetylenes is 1. The maximum Gasteiger partial charge on any atom is 0.342 e. The molecule has 0 heterocycles. The highest BCUT2D eigenvalue weighted by Gasteiger charge is 2.22. The maximum absolute atomic E-state index is 11.5. The van der Waals surface area contributed by atoms with Gasteiger partial charge < -0.3 is 15.2 Å². The van der Waals surface area contributed by atoms with E-state index in [1.54, 1.807) is 0 Å². The summed E-state index contributed by atoms with van der Waals surface area (Å²) >= 11 is 0. The smallest absolute Gasteiger partial charge is 0.342 e. The number of benzene rings is 1. The van der Waals surface area contributed by atoms with E-state index in [4.69, 9.17) is 16.3 Å². The molecule has 21 heavy (non-hydrogen) atoms. The highest BCUT2D eigenvalue weighted by Crippen LogP contribution is 2.24. The zero-order chi connectivity index (χ0) is 16.0. The van der Waals surface area contributed by atoms with Gasteiger partial charge >= 0.3 is 5.97 Å². The molecule has 1 atom stereocenters. The van der Waals surface area contributed by atoms with E-state index >= 15 is 0 Å². The predicted molar refractivity (Wildman–Crippen MR) is 72.0 cm³/mol. The average molecular weight is 292 g/mol. The molecule has 0 bridgehead atoms. The Morgan fingerprint density at radius 3 is 2.76 bits per heavy atom. The van der Waals surface area contributed by atoms with Crippen LogP contribution in [0, 0.1) is 22.5 Å². The number of carboxylic acids is 1. The van der Waals surface area contributed by atoms with Gasteiger partial charge in [0.05, 0.1) is 11.5 Å². The Kier molecular flexibility index (Phi) is 5.25. The highest BCUT2D eigenvalue weighted by atomic mass is 16.6. The minimum atomic E-state index is -1.46. The lowest BCUT2D eigenvalue weighted by molar-refractivity contribution is -0.385. The lowest BCUT2D eigenvalue weighted by atomic mass is 10.1. The van der Waals surface area contributed by atoms with Crippen LogP contribution in [0.2, 0.25) is 0 Å². The van der Waals surface area contributed by atoms with Crippen LogP contribution in [0.1, 0.15) is 17.3 Å². The molecule has 8 heteroatoms. The van der Waals surface area contributed by atoms with Crippen molar-refractivity contribution >= 4 is 17.6 Å². The molecule has 2 N–H and O–H groups in total. The largest absolute Gasteiger partial charge is 0.481 e. The van der Waals surface area contributed by atoms with E-state index in [9.17, 15) is 19.7 Å². The number of hydrogen-bond donors (Lipinski definition) is 2. The van der Waals surface area contributed by atoms with Crippen molar-refractivity contribution in [1.29, 1.82) is 0 Å². The molecule has 0 saturated heterocycles. The minimum Gasteiger partial charge on any atom is -0.481 e. The molecule has 0 aliphatic heterocycles. The number of nitro benzene ring substituents is 1. The maximum atomic E-state index is 11.5. The van der Waals surface area contributed by atoms with E-state index in [0.29, 0.717) is 0 Å². The van der Waals surface area contributed by atoms with Crippen molar-refractivity contribution < 1.29 is 24.4 Å². The number of ether oxygens (including phenoxy) is 1. The van der Waals surface area contributed by atoms with Crippen molar-refractivity contribution in [3.63, 3.8) is 0 Å². The third-order valence-electron chi connectivity index (χ3n) is 2.44. The van der Waals surface area contributed by atoms with Gasteiger partial charge in [0.25, 0.3) is 11.6 Å². The minimum absolute atomic E-state index is 0.0290. The summed E-state index contributed by atoms with van der Waals surface area (Å²) in [5, 5.41) is 22.0. The first-order valence-corrected chi connectivity index (χ1v) is 5.76. The van der Waals surface area contributed by atoms with Crippen LogP contribution in [0.15, 0.2) is 18.2 Å². The fraction of sp³-hybridized carbons (Fsp3) is 0.231. The second-order valence-electron chi connectivity index (χ2n) is 3.92. The van der Waals surface area contributed by atoms with Crippen LogP contribution in [0.25, 0.3) is 0 Å². The lowest BCUT2D eigenvalue weighted by Crippen LogP contribution is -2.36. The molecule has 8 nitrogen and oxygen atoms in total. The Balaban J connectivity index is 2.93. The van der Waals surface area contributed by atoms with Gasteiger partial charge in [0, 0.05) is 12.1 Å². The van der Waals surface area contributed by atoms with Gasteiger partial charge in [0.15, 0.2) is 6.10 Å². The standard InChI is InChI=1S/C13H12N2O6/c1-3-6-14-12(16)8(2)21-9-4-5-11(15(19)20)10(7-9)13(17)18/h1,4-5,7-8H,6H2,2H3,(H,14,16)(H,17,18). The van der Waals surface area contributed by atoms with E-state index in [1.165, 1.54) is 13.0 Å². The highest BCUT2D eigenvalue weighted by molar-refractivity contribution is 5.93. The third-order valence-corrected chi connectivity index (χ3v) is 2.44. The number of nitrogens with one attached hydrogen (secondary N) is 1. The number of carboxylic acid groups (broad SMARTS) is 1. The van der Waals surface area contributed by atoms with E-state index in [1.807, 2.05) is 0 Å². The lowest BCUT2D eigenvalue weighted by Gasteiger charge is -2.14. The van der Waals surface area contributed by atoms with Crippen LogP contribution in [0.3, 0.4) is 0 Å². The second kappa shape index (κ2) is 6.91. The number of rotatable bonds is 6. The Morgan fingerprint density at radius 1 is 1.57 bits per heavy atom. The Bertz CT molecular complexity index is 620. The molecule has 1 amide bonds. The summed E-state index contributed by atoms with van der Waals surface area (Å²) in [4.78, 5) is 32.4. The van der Waals surface area contributed by atoms with Crippen molar-refractivity contribution in [2.24, 2.45) is 0 Å². The van der Waals surface area contributed by atoms with Gasteiger partial charge in [0.1, 0.15) is 11.3 Å². The predicted octanol–water partition coefficient (Wildman–Crippen LogP) is 0.810. The number of carbonyl (C=O) groups is 2. The second-order valence-corrected chi connectivity index (χ2v) is 3.92. The van der Waals surface area contributed by atoms with E-state index in [2.05, 4.69) is 11.2 Å². The van der Waals surface area contributed by atoms with Crippen molar-refractivity contribution in [3.8, 4) is 18.1 Å². The van der Waals surface area contributed by atoms with Gasteiger partial charge in [0.2, 0.25) is 0 Å². The summed E-state index contributed by atoms with van der Waals surface area (Å²) in [6.07, 6.45) is 4.06. The van der Waals surface area contributed by atoms with Crippen molar-refractivity contribution in [2.75, 3.05) is 6.54 Å². The quantitative estimate of drug-likeness (QED) is 0.455. The molecule has 0 aliphatic carbocycles. The fourth-order valence-electron chi connectivity index (χ4n) is 1.46. The van der Waals surface area contributed by atoms with Crippen molar-refractivity contribution in [1.82, 2.24) is 5.32 Å². The van der Waals surface area contributed by atoms with Gasteiger partial charge in [-0.05, 0) is 13.0 Å². The topological polar surface area (TPSA) is 119 Å². The van der Waals surface area contributed by atoms with Gasteiger partial charge in [-0.25, -0.2) is 4.79 Å². The van der Waals surface area contributed by atoms with Gasteiger partial charge in [-0.3, -0.25) is 14.9 Å². The molecule has 1 aromatic rings. The number of nitro groups is 1. The Labute approximate surface area is 119 Å². The third kappa shape index (κ3) is 4.21. The summed E-state index contributed by atoms with van der Waals surface area (Å²) in [6.45, 7) is 1.47.